The smallest absolute Gasteiger partial charge is 0.126 e. The molecule has 0 spiro atoms. The number of ether oxygens (including phenoxy) is 2. The minimum Gasteiger partial charge on any atom is -0.646 e. The van der Waals surface area contributed by atoms with Crippen molar-refractivity contribution in [1.29, 1.82) is 0 Å². The first-order chi connectivity index (χ1) is 4.83. The van der Waals surface area contributed by atoms with Crippen LogP contribution in [-0.4, -0.2) is 23.6 Å². The van der Waals surface area contributed by atoms with E-state index in [-0.39, 0.29) is 78.9 Å². The maximum atomic E-state index is 9.05. The molecule has 0 saturated carbocycles. The van der Waals surface area contributed by atoms with E-state index in [4.69, 9.17) is 21.2 Å². The summed E-state index contributed by atoms with van der Waals surface area (Å²) in [4.78, 5) is 18.0. The van der Waals surface area contributed by atoms with Gasteiger partial charge in [0.2, 0.25) is 0 Å². The van der Waals surface area contributed by atoms with E-state index >= 15 is 0 Å². The molecule has 0 N–H and O–H groups in total. The van der Waals surface area contributed by atoms with Gasteiger partial charge in [0.15, 0.2) is 0 Å². The molecule has 0 heterocycles. The van der Waals surface area contributed by atoms with Gasteiger partial charge in [0.05, 0.1) is 0 Å². The standard InChI is InChI=1S/C2H2ClO2.C2H2IO2.CH4.2Y/c2*3-1-5-2-4;;;/h2*1H2;1H4;;/q2*-1;;;. The summed E-state index contributed by atoms with van der Waals surface area (Å²) in [5.41, 5.74) is 0. The molecule has 0 unspecified atom stereocenters. The minimum absolute atomic E-state index is 0. The SMILES string of the molecule is C.O=[C-]OCCl.O=[C-]OCI.[Y].[Y]. The van der Waals surface area contributed by atoms with Gasteiger partial charge in [-0.1, -0.05) is 32.0 Å². The molecule has 13 heavy (non-hydrogen) atoms. The van der Waals surface area contributed by atoms with Gasteiger partial charge in [-0.3, -0.25) is 0 Å². The average molecular weight is 472 g/mol. The van der Waals surface area contributed by atoms with Crippen LogP contribution in [0.5, 0.6) is 0 Å². The summed E-state index contributed by atoms with van der Waals surface area (Å²) < 4.78 is 8.20. The van der Waals surface area contributed by atoms with Crippen LogP contribution in [0, 0.1) is 0 Å². The number of carbonyl (C=O) groups excluding carboxylic acids is 2. The summed E-state index contributed by atoms with van der Waals surface area (Å²) in [5, 5.41) is 0. The molecule has 0 aliphatic heterocycles. The molecule has 2 radical (unpaired) electrons. The fourth-order valence-electron chi connectivity index (χ4n) is 0.0445. The Labute approximate surface area is 147 Å². The molecule has 0 atom stereocenters. The van der Waals surface area contributed by atoms with E-state index in [1.807, 2.05) is 22.6 Å². The zero-order valence-corrected chi connectivity index (χ0v) is 14.5. The largest absolute Gasteiger partial charge is 0.646 e. The predicted octanol–water partition coefficient (Wildman–Crippen LogP) is 1.36. The van der Waals surface area contributed by atoms with Crippen LogP contribution in [0.2, 0.25) is 0 Å². The van der Waals surface area contributed by atoms with E-state index in [0.29, 0.717) is 4.61 Å². The van der Waals surface area contributed by atoms with Crippen molar-refractivity contribution in [2.45, 2.75) is 7.43 Å². The Morgan fingerprint density at radius 3 is 1.54 bits per heavy atom. The molecule has 8 heteroatoms. The van der Waals surface area contributed by atoms with E-state index in [0.717, 1.165) is 6.47 Å². The fraction of sp³-hybridized carbons (Fsp3) is 0.600. The molecule has 0 rings (SSSR count). The van der Waals surface area contributed by atoms with Gasteiger partial charge in [0.1, 0.15) is 10.7 Å². The Bertz CT molecular complexity index is 78.9. The molecule has 0 aromatic rings. The van der Waals surface area contributed by atoms with Crippen molar-refractivity contribution in [2.75, 3.05) is 10.7 Å². The molecule has 0 fully saturated rings. The summed E-state index contributed by atoms with van der Waals surface area (Å²) in [6, 6.07) is -0.108. The van der Waals surface area contributed by atoms with Gasteiger partial charge >= 0.3 is 0 Å². The average Bonchev–Trinajstić information content (AvgIpc) is 1.93. The second-order valence-corrected chi connectivity index (χ2v) is 1.51. The van der Waals surface area contributed by atoms with Crippen molar-refractivity contribution >= 4 is 47.1 Å². The molecule has 4 nitrogen and oxygen atoms in total. The van der Waals surface area contributed by atoms with Crippen LogP contribution in [0.25, 0.3) is 0 Å². The zero-order valence-electron chi connectivity index (χ0n) is 5.96. The first kappa shape index (κ1) is 29.4. The predicted molar refractivity (Wildman–Crippen MR) is 49.9 cm³/mol. The fourth-order valence-corrected chi connectivity index (χ4v) is 0.216. The molecule has 0 aromatic carbocycles. The van der Waals surface area contributed by atoms with Gasteiger partial charge in [-0.25, -0.2) is 0 Å². The van der Waals surface area contributed by atoms with E-state index in [1.54, 1.807) is 0 Å². The first-order valence-corrected chi connectivity index (χ1v) is 3.99. The summed E-state index contributed by atoms with van der Waals surface area (Å²) in [6.07, 6.45) is 0. The Kier molecular flexibility index (Phi) is 83.4. The third kappa shape index (κ3) is 55.1. The Morgan fingerprint density at radius 2 is 1.54 bits per heavy atom. The molecule has 0 saturated heterocycles. The molecule has 0 aromatic heterocycles. The van der Waals surface area contributed by atoms with Crippen LogP contribution in [0.1, 0.15) is 7.43 Å². The topological polar surface area (TPSA) is 52.6 Å². The van der Waals surface area contributed by atoms with Crippen molar-refractivity contribution in [3.05, 3.63) is 0 Å². The quantitative estimate of drug-likeness (QED) is 0.353. The normalized spacial score (nSPS) is 5.08. The number of alkyl halides is 2. The summed E-state index contributed by atoms with van der Waals surface area (Å²) in [7, 11) is 0. The molecule has 0 bridgehead atoms. The van der Waals surface area contributed by atoms with Crippen LogP contribution in [0.4, 0.5) is 0 Å². The van der Waals surface area contributed by atoms with Crippen molar-refractivity contribution in [1.82, 2.24) is 0 Å². The zero-order chi connectivity index (χ0) is 8.24. The minimum atomic E-state index is -0.108. The molecule has 74 valence electrons. The van der Waals surface area contributed by atoms with Crippen molar-refractivity contribution in [2.24, 2.45) is 0 Å². The van der Waals surface area contributed by atoms with Crippen LogP contribution < -0.4 is 0 Å². The summed E-state index contributed by atoms with van der Waals surface area (Å²) in [6.45, 7) is 2.40. The summed E-state index contributed by atoms with van der Waals surface area (Å²) >= 11 is 6.72. The van der Waals surface area contributed by atoms with Gasteiger partial charge in [0, 0.05) is 65.4 Å². The monoisotopic (exact) mass is 472 g/mol. The Hall–Kier alpha value is 2.17. The van der Waals surface area contributed by atoms with Gasteiger partial charge in [-0.2, -0.15) is 0 Å². The van der Waals surface area contributed by atoms with E-state index in [1.165, 1.54) is 6.47 Å². The maximum Gasteiger partial charge on any atom is 0.126 e. The maximum absolute atomic E-state index is 9.05. The number of hydrogen-bond acceptors (Lipinski definition) is 4. The molecule has 0 aliphatic rings. The Morgan fingerprint density at radius 1 is 1.15 bits per heavy atom. The van der Waals surface area contributed by atoms with Crippen LogP contribution in [0.15, 0.2) is 0 Å². The van der Waals surface area contributed by atoms with Gasteiger partial charge in [-0.05, 0) is 22.6 Å². The molecule has 0 aliphatic carbocycles. The third-order valence-electron chi connectivity index (χ3n) is 0.227. The second kappa shape index (κ2) is 36.8. The second-order valence-electron chi connectivity index (χ2n) is 0.674. The number of hydrogen-bond donors (Lipinski definition) is 0. The summed E-state index contributed by atoms with van der Waals surface area (Å²) in [5.74, 6) is 0. The molecular weight excluding hydrogens is 464 g/mol. The number of rotatable bonds is 4. The van der Waals surface area contributed by atoms with Crippen LogP contribution >= 0.6 is 34.2 Å². The number of halogens is 2. The van der Waals surface area contributed by atoms with Gasteiger partial charge < -0.3 is 19.1 Å². The first-order valence-electron chi connectivity index (χ1n) is 1.93. The van der Waals surface area contributed by atoms with E-state index < -0.39 is 0 Å². The van der Waals surface area contributed by atoms with Crippen LogP contribution in [-0.2, 0) is 84.5 Å². The van der Waals surface area contributed by atoms with Crippen molar-refractivity contribution < 1.29 is 84.5 Å². The van der Waals surface area contributed by atoms with E-state index in [9.17, 15) is 0 Å². The van der Waals surface area contributed by atoms with Gasteiger partial charge in [0.25, 0.3) is 0 Å². The van der Waals surface area contributed by atoms with Crippen molar-refractivity contribution in [3.63, 3.8) is 0 Å². The van der Waals surface area contributed by atoms with Gasteiger partial charge in [-0.15, -0.1) is 0 Å². The van der Waals surface area contributed by atoms with Crippen molar-refractivity contribution in [3.8, 4) is 0 Å². The Balaban J connectivity index is -0.0000000267. The third-order valence-corrected chi connectivity index (χ3v) is 0.647. The molecule has 0 amide bonds. The van der Waals surface area contributed by atoms with E-state index in [2.05, 4.69) is 9.47 Å². The van der Waals surface area contributed by atoms with Crippen LogP contribution in [0.3, 0.4) is 0 Å². The molecular formula is C5H8ClIO4Y2-2.